The molecule has 0 saturated heterocycles. The maximum absolute atomic E-state index is 3.49. The van der Waals surface area contributed by atoms with E-state index >= 15 is 0 Å². The van der Waals surface area contributed by atoms with E-state index in [2.05, 4.69) is 39.2 Å². The van der Waals surface area contributed by atoms with Gasteiger partial charge in [-0.2, -0.15) is 0 Å². The van der Waals surface area contributed by atoms with Crippen LogP contribution in [0, 0.1) is 5.41 Å². The molecule has 0 radical (unpaired) electrons. The molecule has 0 spiro atoms. The number of allylic oxidation sites excluding steroid dienone is 1. The van der Waals surface area contributed by atoms with Crippen molar-refractivity contribution in [2.45, 2.75) is 78.2 Å². The highest BCUT2D eigenvalue weighted by Crippen LogP contribution is 2.25. The lowest BCUT2D eigenvalue weighted by molar-refractivity contribution is 0.344. The molecule has 1 rings (SSSR count). The molecule has 0 heterocycles. The van der Waals surface area contributed by atoms with Gasteiger partial charge in [0.1, 0.15) is 0 Å². The van der Waals surface area contributed by atoms with Gasteiger partial charge in [0.15, 0.2) is 0 Å². The molecule has 0 saturated carbocycles. The number of rotatable bonds is 6. The lowest BCUT2D eigenvalue weighted by Crippen LogP contribution is -2.26. The van der Waals surface area contributed by atoms with Gasteiger partial charge in [-0.25, -0.2) is 0 Å². The Morgan fingerprint density at radius 2 is 2.06 bits per heavy atom. The average molecular weight is 237 g/mol. The quantitative estimate of drug-likeness (QED) is 0.661. The summed E-state index contributed by atoms with van der Waals surface area (Å²) in [7, 11) is 2.12. The smallest absolute Gasteiger partial charge is 0.0101 e. The van der Waals surface area contributed by atoms with E-state index in [0.29, 0.717) is 11.5 Å². The van der Waals surface area contributed by atoms with E-state index in [9.17, 15) is 0 Å². The first-order chi connectivity index (χ1) is 8.01. The molecule has 1 nitrogen and oxygen atoms in total. The van der Waals surface area contributed by atoms with Crippen molar-refractivity contribution in [2.24, 2.45) is 5.41 Å². The van der Waals surface area contributed by atoms with Gasteiger partial charge in [-0.15, -0.1) is 0 Å². The van der Waals surface area contributed by atoms with E-state index in [-0.39, 0.29) is 0 Å². The van der Waals surface area contributed by atoms with Crippen molar-refractivity contribution in [3.63, 3.8) is 0 Å². The van der Waals surface area contributed by atoms with Crippen LogP contribution in [0.15, 0.2) is 11.6 Å². The van der Waals surface area contributed by atoms with Gasteiger partial charge in [0.2, 0.25) is 0 Å². The molecule has 100 valence electrons. The molecule has 1 N–H and O–H groups in total. The van der Waals surface area contributed by atoms with Crippen LogP contribution in [0.4, 0.5) is 0 Å². The summed E-state index contributed by atoms with van der Waals surface area (Å²) in [5, 5.41) is 3.49. The van der Waals surface area contributed by atoms with Crippen LogP contribution in [-0.4, -0.2) is 13.1 Å². The Kier molecular flexibility index (Phi) is 6.26. The fourth-order valence-electron chi connectivity index (χ4n) is 2.63. The summed E-state index contributed by atoms with van der Waals surface area (Å²) in [6, 6.07) is 0.696. The topological polar surface area (TPSA) is 12.0 Å². The molecule has 1 aliphatic rings. The molecule has 0 aliphatic heterocycles. The second-order valence-electron chi connectivity index (χ2n) is 6.75. The zero-order valence-corrected chi connectivity index (χ0v) is 12.3. The lowest BCUT2D eigenvalue weighted by Gasteiger charge is -2.23. The SMILES string of the molecule is CNC(CCCC(C)(C)C)CC1=CCCCC1. The molecule has 0 aromatic heterocycles. The van der Waals surface area contributed by atoms with Gasteiger partial charge < -0.3 is 5.32 Å². The first-order valence-electron chi connectivity index (χ1n) is 7.36. The van der Waals surface area contributed by atoms with Crippen LogP contribution in [0.3, 0.4) is 0 Å². The Morgan fingerprint density at radius 3 is 2.59 bits per heavy atom. The fourth-order valence-corrected chi connectivity index (χ4v) is 2.63. The van der Waals surface area contributed by atoms with Crippen molar-refractivity contribution in [3.05, 3.63) is 11.6 Å². The molecule has 17 heavy (non-hydrogen) atoms. The van der Waals surface area contributed by atoms with Crippen LogP contribution in [0.1, 0.15) is 72.1 Å². The molecular weight excluding hydrogens is 206 g/mol. The van der Waals surface area contributed by atoms with E-state index in [1.165, 1.54) is 51.4 Å². The monoisotopic (exact) mass is 237 g/mol. The van der Waals surface area contributed by atoms with Crippen LogP contribution in [0.2, 0.25) is 0 Å². The molecule has 1 aliphatic carbocycles. The normalized spacial score (nSPS) is 18.9. The molecule has 0 aromatic rings. The number of nitrogens with one attached hydrogen (secondary N) is 1. The van der Waals surface area contributed by atoms with E-state index in [1.807, 2.05) is 0 Å². The number of hydrogen-bond donors (Lipinski definition) is 1. The molecule has 1 atom stereocenters. The highest BCUT2D eigenvalue weighted by atomic mass is 14.9. The van der Waals surface area contributed by atoms with Crippen molar-refractivity contribution in [3.8, 4) is 0 Å². The molecule has 0 aromatic carbocycles. The van der Waals surface area contributed by atoms with Gasteiger partial charge in [-0.1, -0.05) is 38.8 Å². The standard InChI is InChI=1S/C16H31N/c1-16(2,3)12-8-11-15(17-4)13-14-9-6-5-7-10-14/h9,15,17H,5-8,10-13H2,1-4H3. The first kappa shape index (κ1) is 14.8. The number of hydrogen-bond acceptors (Lipinski definition) is 1. The van der Waals surface area contributed by atoms with Crippen LogP contribution >= 0.6 is 0 Å². The molecule has 0 fully saturated rings. The Labute approximate surface area is 108 Å². The second-order valence-corrected chi connectivity index (χ2v) is 6.75. The van der Waals surface area contributed by atoms with E-state index in [4.69, 9.17) is 0 Å². The van der Waals surface area contributed by atoms with Gasteiger partial charge in [0.05, 0.1) is 0 Å². The maximum Gasteiger partial charge on any atom is 0.0101 e. The van der Waals surface area contributed by atoms with Crippen molar-refractivity contribution in [1.29, 1.82) is 0 Å². The third-order valence-corrected chi connectivity index (χ3v) is 3.78. The molecule has 0 amide bonds. The van der Waals surface area contributed by atoms with Gasteiger partial charge >= 0.3 is 0 Å². The summed E-state index contributed by atoms with van der Waals surface area (Å²) in [4.78, 5) is 0. The molecule has 1 unspecified atom stereocenters. The Balaban J connectivity index is 2.26. The fraction of sp³-hybridized carbons (Fsp3) is 0.875. The summed E-state index contributed by atoms with van der Waals surface area (Å²) in [5.74, 6) is 0. The summed E-state index contributed by atoms with van der Waals surface area (Å²) in [6.07, 6.45) is 13.2. The van der Waals surface area contributed by atoms with Gasteiger partial charge in [0.25, 0.3) is 0 Å². The van der Waals surface area contributed by atoms with Crippen molar-refractivity contribution in [1.82, 2.24) is 5.32 Å². The largest absolute Gasteiger partial charge is 0.317 e. The van der Waals surface area contributed by atoms with Crippen molar-refractivity contribution >= 4 is 0 Å². The minimum Gasteiger partial charge on any atom is -0.317 e. The zero-order chi connectivity index (χ0) is 12.7. The highest BCUT2D eigenvalue weighted by Gasteiger charge is 2.14. The summed E-state index contributed by atoms with van der Waals surface area (Å²) >= 11 is 0. The Morgan fingerprint density at radius 1 is 1.29 bits per heavy atom. The van der Waals surface area contributed by atoms with E-state index < -0.39 is 0 Å². The maximum atomic E-state index is 3.49. The van der Waals surface area contributed by atoms with E-state index in [1.54, 1.807) is 5.57 Å². The average Bonchev–Trinajstić information content (AvgIpc) is 2.27. The van der Waals surface area contributed by atoms with Gasteiger partial charge in [0, 0.05) is 6.04 Å². The summed E-state index contributed by atoms with van der Waals surface area (Å²) in [6.45, 7) is 7.02. The highest BCUT2D eigenvalue weighted by molar-refractivity contribution is 5.06. The van der Waals surface area contributed by atoms with Crippen LogP contribution in [0.5, 0.6) is 0 Å². The third-order valence-electron chi connectivity index (χ3n) is 3.78. The zero-order valence-electron chi connectivity index (χ0n) is 12.3. The van der Waals surface area contributed by atoms with Gasteiger partial charge in [-0.05, 0) is 57.4 Å². The molecular formula is C16H31N. The predicted molar refractivity (Wildman–Crippen MR) is 77.3 cm³/mol. The third kappa shape index (κ3) is 6.88. The summed E-state index contributed by atoms with van der Waals surface area (Å²) < 4.78 is 0. The second kappa shape index (κ2) is 7.20. The van der Waals surface area contributed by atoms with Crippen LogP contribution < -0.4 is 5.32 Å². The van der Waals surface area contributed by atoms with E-state index in [0.717, 1.165) is 0 Å². The van der Waals surface area contributed by atoms with Crippen molar-refractivity contribution < 1.29 is 0 Å². The molecule has 1 heteroatoms. The van der Waals surface area contributed by atoms with Crippen LogP contribution in [0.25, 0.3) is 0 Å². The first-order valence-corrected chi connectivity index (χ1v) is 7.36. The molecule has 0 bridgehead atoms. The van der Waals surface area contributed by atoms with Crippen LogP contribution in [-0.2, 0) is 0 Å². The minimum absolute atomic E-state index is 0.488. The predicted octanol–water partition coefficient (Wildman–Crippen LogP) is 4.68. The Hall–Kier alpha value is -0.300. The Bertz CT molecular complexity index is 234. The van der Waals surface area contributed by atoms with Gasteiger partial charge in [-0.3, -0.25) is 0 Å². The lowest BCUT2D eigenvalue weighted by atomic mass is 9.87. The minimum atomic E-state index is 0.488. The summed E-state index contributed by atoms with van der Waals surface area (Å²) in [5.41, 5.74) is 2.19. The van der Waals surface area contributed by atoms with Crippen molar-refractivity contribution in [2.75, 3.05) is 7.05 Å².